The van der Waals surface area contributed by atoms with Gasteiger partial charge in [-0.1, -0.05) is 24.3 Å². The lowest BCUT2D eigenvalue weighted by molar-refractivity contribution is -0.666. The third-order valence-electron chi connectivity index (χ3n) is 3.65. The summed E-state index contributed by atoms with van der Waals surface area (Å²) in [6.07, 6.45) is -0.169. The molecule has 0 bridgehead atoms. The number of hydrogen-bond donors (Lipinski definition) is 2. The zero-order chi connectivity index (χ0) is 14.8. The minimum absolute atomic E-state index is 0.0657. The number of nitrogens with two attached hydrogens (primary N) is 1. The Morgan fingerprint density at radius 1 is 1.19 bits per heavy atom. The molecular formula is C16H17FN3O+. The van der Waals surface area contributed by atoms with Gasteiger partial charge in [0.2, 0.25) is 6.29 Å². The number of quaternary nitrogens is 1. The number of hydrogen-bond acceptors (Lipinski definition) is 2. The Kier molecular flexibility index (Phi) is 3.58. The molecule has 0 aromatic heterocycles. The Morgan fingerprint density at radius 3 is 2.62 bits per heavy atom. The van der Waals surface area contributed by atoms with Crippen molar-refractivity contribution in [1.82, 2.24) is 5.32 Å². The number of halogens is 1. The maximum atomic E-state index is 13.0. The summed E-state index contributed by atoms with van der Waals surface area (Å²) in [6.45, 7) is 0.604. The van der Waals surface area contributed by atoms with Gasteiger partial charge in [-0.15, -0.1) is 0 Å². The highest BCUT2D eigenvalue weighted by Crippen LogP contribution is 2.26. The smallest absolute Gasteiger partial charge is 0.259 e. The lowest BCUT2D eigenvalue weighted by Crippen LogP contribution is -2.95. The Bertz CT molecular complexity index is 657. The molecule has 0 saturated carbocycles. The minimum Gasteiger partial charge on any atom is -0.311 e. The van der Waals surface area contributed by atoms with Crippen molar-refractivity contribution in [3.8, 4) is 0 Å². The van der Waals surface area contributed by atoms with Crippen molar-refractivity contribution in [3.05, 3.63) is 65.5 Å². The van der Waals surface area contributed by atoms with E-state index in [2.05, 4.69) is 10.2 Å². The molecule has 0 saturated heterocycles. The fourth-order valence-corrected chi connectivity index (χ4v) is 2.59. The molecule has 0 aliphatic carbocycles. The molecule has 1 amide bonds. The monoisotopic (exact) mass is 286 g/mol. The van der Waals surface area contributed by atoms with Gasteiger partial charge in [-0.05, 0) is 29.8 Å². The molecule has 0 unspecified atom stereocenters. The van der Waals surface area contributed by atoms with E-state index in [0.29, 0.717) is 12.1 Å². The average molecular weight is 286 g/mol. The average Bonchev–Trinajstić information content (AvgIpc) is 2.52. The second kappa shape index (κ2) is 5.54. The molecule has 0 fully saturated rings. The molecule has 2 aromatic rings. The van der Waals surface area contributed by atoms with Crippen LogP contribution in [0.2, 0.25) is 0 Å². The van der Waals surface area contributed by atoms with Crippen LogP contribution in [-0.2, 0) is 6.54 Å². The van der Waals surface area contributed by atoms with E-state index in [1.54, 1.807) is 12.1 Å². The van der Waals surface area contributed by atoms with Crippen molar-refractivity contribution in [2.75, 3.05) is 11.9 Å². The fraction of sp³-hybridized carbons (Fsp3) is 0.188. The molecule has 108 valence electrons. The van der Waals surface area contributed by atoms with Gasteiger partial charge in [0, 0.05) is 0 Å². The summed E-state index contributed by atoms with van der Waals surface area (Å²) in [6, 6.07) is 14.0. The van der Waals surface area contributed by atoms with E-state index < -0.39 is 0 Å². The first-order chi connectivity index (χ1) is 10.2. The first-order valence-corrected chi connectivity index (χ1v) is 6.89. The highest BCUT2D eigenvalue weighted by atomic mass is 19.1. The van der Waals surface area contributed by atoms with Crippen LogP contribution in [-0.4, -0.2) is 19.2 Å². The molecule has 1 atom stereocenters. The van der Waals surface area contributed by atoms with E-state index in [-0.39, 0.29) is 18.0 Å². The second-order valence-electron chi connectivity index (χ2n) is 5.02. The van der Waals surface area contributed by atoms with Gasteiger partial charge in [-0.2, -0.15) is 0 Å². The Labute approximate surface area is 122 Å². The van der Waals surface area contributed by atoms with Crippen molar-refractivity contribution in [1.29, 1.82) is 0 Å². The molecule has 1 heterocycles. The van der Waals surface area contributed by atoms with Gasteiger partial charge in [0.25, 0.3) is 5.91 Å². The van der Waals surface area contributed by atoms with Gasteiger partial charge < -0.3 is 5.32 Å². The zero-order valence-electron chi connectivity index (χ0n) is 11.7. The van der Waals surface area contributed by atoms with E-state index in [1.165, 1.54) is 12.1 Å². The van der Waals surface area contributed by atoms with Crippen LogP contribution in [0.1, 0.15) is 15.9 Å². The Balaban J connectivity index is 1.96. The standard InChI is InChI=1S/C16H16FN3O/c1-18-16-19-15(21)13-4-2-3-5-14(13)20(16)10-11-6-8-12(17)9-7-11/h2-9,16,18H,10H2,1H3,(H,19,21)/p+1/t16-/m0/s1. The van der Waals surface area contributed by atoms with Crippen LogP contribution in [0.3, 0.4) is 0 Å². The minimum atomic E-state index is -0.246. The number of anilines is 1. The molecular weight excluding hydrogens is 269 g/mol. The quantitative estimate of drug-likeness (QED) is 0.886. The molecule has 4 nitrogen and oxygen atoms in total. The molecule has 0 radical (unpaired) electrons. The zero-order valence-corrected chi connectivity index (χ0v) is 11.7. The Morgan fingerprint density at radius 2 is 1.90 bits per heavy atom. The van der Waals surface area contributed by atoms with Gasteiger partial charge in [0.15, 0.2) is 0 Å². The first kappa shape index (κ1) is 13.6. The number of nitrogens with one attached hydrogen (secondary N) is 1. The van der Waals surface area contributed by atoms with E-state index >= 15 is 0 Å². The SMILES string of the molecule is C[NH2+][C@H]1NC(=O)c2ccccc2N1Cc1ccc(F)cc1. The van der Waals surface area contributed by atoms with E-state index in [0.717, 1.165) is 11.3 Å². The van der Waals surface area contributed by atoms with Gasteiger partial charge in [0.05, 0.1) is 24.8 Å². The third-order valence-corrected chi connectivity index (χ3v) is 3.65. The lowest BCUT2D eigenvalue weighted by Gasteiger charge is -2.36. The van der Waals surface area contributed by atoms with Crippen LogP contribution in [0, 0.1) is 5.82 Å². The van der Waals surface area contributed by atoms with Gasteiger partial charge >= 0.3 is 0 Å². The molecule has 21 heavy (non-hydrogen) atoms. The highest BCUT2D eigenvalue weighted by molar-refractivity contribution is 6.01. The van der Waals surface area contributed by atoms with Crippen molar-refractivity contribution < 1.29 is 14.5 Å². The van der Waals surface area contributed by atoms with Crippen LogP contribution >= 0.6 is 0 Å². The van der Waals surface area contributed by atoms with Crippen LogP contribution in [0.5, 0.6) is 0 Å². The first-order valence-electron chi connectivity index (χ1n) is 6.89. The van der Waals surface area contributed by atoms with Crippen molar-refractivity contribution in [2.45, 2.75) is 12.8 Å². The number of carbonyl (C=O) groups is 1. The van der Waals surface area contributed by atoms with Crippen molar-refractivity contribution in [3.63, 3.8) is 0 Å². The summed E-state index contributed by atoms with van der Waals surface area (Å²) in [7, 11) is 1.91. The van der Waals surface area contributed by atoms with Gasteiger partial charge in [-0.25, -0.2) is 4.39 Å². The van der Waals surface area contributed by atoms with E-state index in [4.69, 9.17) is 0 Å². The molecule has 3 rings (SSSR count). The molecule has 5 heteroatoms. The summed E-state index contributed by atoms with van der Waals surface area (Å²) < 4.78 is 13.0. The van der Waals surface area contributed by atoms with Crippen LogP contribution in [0.15, 0.2) is 48.5 Å². The van der Waals surface area contributed by atoms with Gasteiger partial charge in [-0.3, -0.25) is 15.0 Å². The van der Waals surface area contributed by atoms with E-state index in [9.17, 15) is 9.18 Å². The van der Waals surface area contributed by atoms with Crippen LogP contribution in [0.4, 0.5) is 10.1 Å². The second-order valence-corrected chi connectivity index (χ2v) is 5.02. The molecule has 0 spiro atoms. The van der Waals surface area contributed by atoms with Crippen LogP contribution < -0.4 is 15.5 Å². The third kappa shape index (κ3) is 2.60. The Hall–Kier alpha value is -2.40. The van der Waals surface area contributed by atoms with Crippen molar-refractivity contribution in [2.24, 2.45) is 0 Å². The van der Waals surface area contributed by atoms with E-state index in [1.807, 2.05) is 36.6 Å². The van der Waals surface area contributed by atoms with Crippen LogP contribution in [0.25, 0.3) is 0 Å². The number of amides is 1. The molecule has 2 aromatic carbocycles. The summed E-state index contributed by atoms with van der Waals surface area (Å²) in [5.41, 5.74) is 2.56. The van der Waals surface area contributed by atoms with Crippen molar-refractivity contribution >= 4 is 11.6 Å². The predicted octanol–water partition coefficient (Wildman–Crippen LogP) is 1.05. The maximum Gasteiger partial charge on any atom is 0.259 e. The number of carbonyl (C=O) groups excluding carboxylic acids is 1. The number of fused-ring (bicyclic) bond motifs is 1. The predicted molar refractivity (Wildman–Crippen MR) is 78.1 cm³/mol. The summed E-state index contributed by atoms with van der Waals surface area (Å²) in [5, 5.41) is 4.90. The fourth-order valence-electron chi connectivity index (χ4n) is 2.59. The molecule has 3 N–H and O–H groups in total. The summed E-state index contributed by atoms with van der Waals surface area (Å²) >= 11 is 0. The lowest BCUT2D eigenvalue weighted by atomic mass is 10.1. The number of benzene rings is 2. The van der Waals surface area contributed by atoms with Gasteiger partial charge in [0.1, 0.15) is 5.82 Å². The maximum absolute atomic E-state index is 13.0. The largest absolute Gasteiger partial charge is 0.311 e. The number of para-hydroxylation sites is 1. The number of nitrogens with zero attached hydrogens (tertiary/aromatic N) is 1. The number of rotatable bonds is 3. The molecule has 1 aliphatic rings. The molecule has 1 aliphatic heterocycles. The highest BCUT2D eigenvalue weighted by Gasteiger charge is 2.31. The summed E-state index contributed by atoms with van der Waals surface area (Å²) in [5.74, 6) is -0.311. The summed E-state index contributed by atoms with van der Waals surface area (Å²) in [4.78, 5) is 14.2. The topological polar surface area (TPSA) is 49.0 Å². The normalized spacial score (nSPS) is 17.3.